The Morgan fingerprint density at radius 2 is 1.60 bits per heavy atom. The summed E-state index contributed by atoms with van der Waals surface area (Å²) >= 11 is 0. The molecule has 0 unspecified atom stereocenters. The largest absolute Gasteiger partial charge is 0.494 e. The second-order valence-corrected chi connectivity index (χ2v) is 8.92. The van der Waals surface area contributed by atoms with Crippen LogP contribution < -0.4 is 19.3 Å². The minimum atomic E-state index is -0.623. The van der Waals surface area contributed by atoms with Crippen molar-refractivity contribution in [1.82, 2.24) is 0 Å². The van der Waals surface area contributed by atoms with Crippen molar-refractivity contribution in [3.05, 3.63) is 60.7 Å². The van der Waals surface area contributed by atoms with Crippen LogP contribution in [0.4, 0.5) is 11.4 Å². The van der Waals surface area contributed by atoms with Crippen LogP contribution in [0.2, 0.25) is 0 Å². The van der Waals surface area contributed by atoms with Gasteiger partial charge >= 0.3 is 5.97 Å². The minimum Gasteiger partial charge on any atom is -0.494 e. The first kappa shape index (κ1) is 22.8. The number of esters is 1. The van der Waals surface area contributed by atoms with Crippen LogP contribution in [-0.2, 0) is 19.2 Å². The van der Waals surface area contributed by atoms with E-state index in [0.717, 1.165) is 0 Å². The Bertz CT molecular complexity index is 1180. The summed E-state index contributed by atoms with van der Waals surface area (Å²) in [4.78, 5) is 53.9. The Hall–Kier alpha value is -3.94. The first-order valence-electron chi connectivity index (χ1n) is 11.8. The summed E-state index contributed by atoms with van der Waals surface area (Å²) in [6, 6.07) is 13.6. The summed E-state index contributed by atoms with van der Waals surface area (Å²) in [7, 11) is 0. The lowest BCUT2D eigenvalue weighted by Crippen LogP contribution is -2.31. The molecule has 3 amide bonds. The first-order chi connectivity index (χ1) is 17.0. The molecule has 2 heterocycles. The van der Waals surface area contributed by atoms with Gasteiger partial charge in [-0.25, -0.2) is 4.90 Å². The average molecular weight is 475 g/mol. The second-order valence-electron chi connectivity index (χ2n) is 8.92. The van der Waals surface area contributed by atoms with Gasteiger partial charge in [0, 0.05) is 24.7 Å². The van der Waals surface area contributed by atoms with Crippen LogP contribution in [-0.4, -0.2) is 36.8 Å². The molecule has 0 spiro atoms. The molecule has 3 aliphatic rings. The summed E-state index contributed by atoms with van der Waals surface area (Å²) in [5, 5.41) is 0. The number of ether oxygens (including phenoxy) is 2. The van der Waals surface area contributed by atoms with E-state index in [4.69, 9.17) is 9.47 Å². The van der Waals surface area contributed by atoms with E-state index in [1.807, 2.05) is 19.1 Å². The number of amides is 3. The maximum atomic E-state index is 12.9. The molecule has 0 N–H and O–H groups in total. The lowest BCUT2D eigenvalue weighted by atomic mass is 9.85. The maximum Gasteiger partial charge on any atom is 0.316 e. The molecule has 0 aromatic heterocycles. The number of nitrogens with zero attached hydrogens (tertiary/aromatic N) is 2. The number of anilines is 2. The summed E-state index contributed by atoms with van der Waals surface area (Å²) in [6.07, 6.45) is 5.04. The van der Waals surface area contributed by atoms with E-state index in [2.05, 4.69) is 0 Å². The molecule has 1 aliphatic carbocycles. The predicted molar refractivity (Wildman–Crippen MR) is 128 cm³/mol. The minimum absolute atomic E-state index is 0.0468. The normalized spacial score (nSPS) is 23.6. The van der Waals surface area contributed by atoms with Gasteiger partial charge in [-0.05, 0) is 56.2 Å². The number of imide groups is 1. The summed E-state index contributed by atoms with van der Waals surface area (Å²) in [6.45, 7) is 2.66. The van der Waals surface area contributed by atoms with Gasteiger partial charge in [-0.2, -0.15) is 0 Å². The van der Waals surface area contributed by atoms with Crippen molar-refractivity contribution in [1.29, 1.82) is 0 Å². The molecule has 0 saturated carbocycles. The zero-order valence-electron chi connectivity index (χ0n) is 19.4. The molecule has 8 nitrogen and oxygen atoms in total. The van der Waals surface area contributed by atoms with Crippen molar-refractivity contribution < 1.29 is 28.7 Å². The van der Waals surface area contributed by atoms with Gasteiger partial charge in [0.05, 0.1) is 30.0 Å². The summed E-state index contributed by atoms with van der Waals surface area (Å²) < 4.78 is 11.0. The highest BCUT2D eigenvalue weighted by Gasteiger charge is 2.48. The van der Waals surface area contributed by atoms with E-state index < -0.39 is 11.9 Å². The van der Waals surface area contributed by atoms with Gasteiger partial charge in [0.2, 0.25) is 17.7 Å². The van der Waals surface area contributed by atoms with Crippen molar-refractivity contribution in [3.8, 4) is 11.5 Å². The maximum absolute atomic E-state index is 12.9. The third-order valence-electron chi connectivity index (χ3n) is 6.72. The van der Waals surface area contributed by atoms with Crippen molar-refractivity contribution >= 4 is 35.1 Å². The number of carbonyl (C=O) groups is 4. The number of benzene rings is 2. The highest BCUT2D eigenvalue weighted by molar-refractivity contribution is 6.22. The van der Waals surface area contributed by atoms with E-state index in [9.17, 15) is 19.2 Å². The Morgan fingerprint density at radius 3 is 2.26 bits per heavy atom. The molecule has 8 heteroatoms. The van der Waals surface area contributed by atoms with Crippen molar-refractivity contribution in [2.75, 3.05) is 23.0 Å². The van der Waals surface area contributed by atoms with Gasteiger partial charge in [-0.3, -0.25) is 19.2 Å². The third kappa shape index (κ3) is 4.32. The van der Waals surface area contributed by atoms with Crippen LogP contribution in [0.15, 0.2) is 60.7 Å². The number of hydrogen-bond acceptors (Lipinski definition) is 6. The fourth-order valence-electron chi connectivity index (χ4n) is 4.94. The molecule has 2 aliphatic heterocycles. The fraction of sp³-hybridized carbons (Fsp3) is 0.333. The zero-order chi connectivity index (χ0) is 24.5. The topological polar surface area (TPSA) is 93.2 Å². The molecule has 35 heavy (non-hydrogen) atoms. The molecule has 0 radical (unpaired) electrons. The van der Waals surface area contributed by atoms with Crippen molar-refractivity contribution in [3.63, 3.8) is 0 Å². The Labute approximate surface area is 203 Å². The lowest BCUT2D eigenvalue weighted by molar-refractivity contribution is -0.139. The number of carbonyl (C=O) groups excluding carboxylic acids is 4. The Morgan fingerprint density at radius 1 is 0.914 bits per heavy atom. The number of rotatable bonds is 6. The monoisotopic (exact) mass is 474 g/mol. The zero-order valence-corrected chi connectivity index (χ0v) is 19.4. The third-order valence-corrected chi connectivity index (χ3v) is 6.72. The van der Waals surface area contributed by atoms with Crippen molar-refractivity contribution in [2.24, 2.45) is 17.8 Å². The van der Waals surface area contributed by atoms with E-state index in [1.54, 1.807) is 47.4 Å². The quantitative estimate of drug-likeness (QED) is 0.275. The highest BCUT2D eigenvalue weighted by Crippen LogP contribution is 2.38. The molecule has 2 aromatic rings. The van der Waals surface area contributed by atoms with Crippen LogP contribution in [0.25, 0.3) is 0 Å². The van der Waals surface area contributed by atoms with Crippen LogP contribution in [0.5, 0.6) is 11.5 Å². The average Bonchev–Trinajstić information content (AvgIpc) is 3.37. The first-order valence-corrected chi connectivity index (χ1v) is 11.8. The van der Waals surface area contributed by atoms with E-state index in [0.29, 0.717) is 36.6 Å². The molecule has 2 fully saturated rings. The van der Waals surface area contributed by atoms with Gasteiger partial charge in [-0.15, -0.1) is 0 Å². The van der Waals surface area contributed by atoms with Gasteiger partial charge in [0.1, 0.15) is 11.5 Å². The Kier molecular flexibility index (Phi) is 6.11. The molecule has 2 aromatic carbocycles. The van der Waals surface area contributed by atoms with Gasteiger partial charge < -0.3 is 14.4 Å². The van der Waals surface area contributed by atoms with Gasteiger partial charge in [0.25, 0.3) is 0 Å². The van der Waals surface area contributed by atoms with Gasteiger partial charge in [0.15, 0.2) is 0 Å². The van der Waals surface area contributed by atoms with E-state index >= 15 is 0 Å². The predicted octanol–water partition coefficient (Wildman–Crippen LogP) is 3.50. The van der Waals surface area contributed by atoms with Crippen LogP contribution in [0, 0.1) is 17.8 Å². The second kappa shape index (κ2) is 9.37. The van der Waals surface area contributed by atoms with E-state index in [-0.39, 0.29) is 48.3 Å². The summed E-state index contributed by atoms with van der Waals surface area (Å²) in [5.74, 6) is -1.48. The summed E-state index contributed by atoms with van der Waals surface area (Å²) in [5.41, 5.74) is 1.08. The fourth-order valence-corrected chi connectivity index (χ4v) is 4.94. The van der Waals surface area contributed by atoms with E-state index in [1.165, 1.54) is 11.0 Å². The van der Waals surface area contributed by atoms with Crippen LogP contribution in [0.1, 0.15) is 26.2 Å². The smallest absolute Gasteiger partial charge is 0.316 e. The molecule has 0 bridgehead atoms. The standard InChI is InChI=1S/C27H26N2O6/c1-2-34-20-12-10-18(11-13-20)28-16-17(14-24(28)30)27(33)35-21-7-5-6-19(15-21)29-25(31)22-8-3-4-9-23(22)26(29)32/h3-7,10-13,15,17,22-23H,2,8-9,14,16H2,1H3/t17-,22+,23+/m1/s1. The number of allylic oxidation sites excluding steroid dienone is 2. The molecule has 5 rings (SSSR count). The Balaban J connectivity index is 1.26. The molecule has 180 valence electrons. The lowest BCUT2D eigenvalue weighted by Gasteiger charge is -2.18. The highest BCUT2D eigenvalue weighted by atomic mass is 16.5. The van der Waals surface area contributed by atoms with Crippen molar-refractivity contribution in [2.45, 2.75) is 26.2 Å². The molecular weight excluding hydrogens is 448 g/mol. The van der Waals surface area contributed by atoms with Gasteiger partial charge in [-0.1, -0.05) is 18.2 Å². The molecule has 2 saturated heterocycles. The number of hydrogen-bond donors (Lipinski definition) is 0. The molecule has 3 atom stereocenters. The molecular formula is C27H26N2O6. The van der Waals surface area contributed by atoms with Crippen LogP contribution in [0.3, 0.4) is 0 Å². The number of fused-ring (bicyclic) bond motifs is 1. The van der Waals surface area contributed by atoms with Crippen LogP contribution >= 0.6 is 0 Å². The SMILES string of the molecule is CCOc1ccc(N2C[C@H](C(=O)Oc3cccc(N4C(=O)[C@H]5CC=CC[C@@H]5C4=O)c3)CC2=O)cc1.